The molecule has 5 rings (SSSR count). The number of hydrogen-bond acceptors (Lipinski definition) is 5. The van der Waals surface area contributed by atoms with Crippen LogP contribution in [0.1, 0.15) is 51.5 Å². The Kier molecular flexibility index (Phi) is 6.71. The van der Waals surface area contributed by atoms with Crippen molar-refractivity contribution in [1.29, 1.82) is 0 Å². The monoisotopic (exact) mass is 503 g/mol. The van der Waals surface area contributed by atoms with Crippen molar-refractivity contribution in [2.45, 2.75) is 19.3 Å². The molecular formula is C28H26ClN3O4. The summed E-state index contributed by atoms with van der Waals surface area (Å²) in [6.45, 7) is 2.59. The number of methoxy groups -OCH3 is 1. The van der Waals surface area contributed by atoms with Crippen LogP contribution in [0.5, 0.6) is 5.88 Å². The maximum Gasteiger partial charge on any atom is 0.289 e. The molecule has 7 nitrogen and oxygen atoms in total. The second kappa shape index (κ2) is 10.1. The molecule has 2 fully saturated rings. The van der Waals surface area contributed by atoms with Gasteiger partial charge < -0.3 is 19.0 Å². The Bertz CT molecular complexity index is 1330. The van der Waals surface area contributed by atoms with E-state index < -0.39 is 0 Å². The number of carbonyl (C=O) groups is 2. The molecule has 1 spiro atoms. The molecule has 0 radical (unpaired) electrons. The van der Waals surface area contributed by atoms with Crippen molar-refractivity contribution in [1.82, 2.24) is 14.8 Å². The summed E-state index contributed by atoms with van der Waals surface area (Å²) in [5, 5.41) is 0.225. The molecule has 0 unspecified atom stereocenters. The van der Waals surface area contributed by atoms with Crippen LogP contribution in [0.25, 0.3) is 0 Å². The summed E-state index contributed by atoms with van der Waals surface area (Å²) >= 11 is 6.04. The van der Waals surface area contributed by atoms with Crippen molar-refractivity contribution in [3.8, 4) is 17.7 Å². The Labute approximate surface area is 215 Å². The van der Waals surface area contributed by atoms with Gasteiger partial charge in [0.25, 0.3) is 11.8 Å². The highest BCUT2D eigenvalue weighted by Gasteiger charge is 2.43. The van der Waals surface area contributed by atoms with Crippen LogP contribution in [0.3, 0.4) is 0 Å². The summed E-state index contributed by atoms with van der Waals surface area (Å²) in [5.41, 5.74) is 1.37. The van der Waals surface area contributed by atoms with E-state index in [0.29, 0.717) is 49.1 Å². The number of rotatable bonds is 3. The highest BCUT2D eigenvalue weighted by molar-refractivity contribution is 6.29. The Morgan fingerprint density at radius 3 is 2.42 bits per heavy atom. The fourth-order valence-electron chi connectivity index (χ4n) is 4.92. The van der Waals surface area contributed by atoms with Gasteiger partial charge in [0, 0.05) is 43.4 Å². The fourth-order valence-corrected chi connectivity index (χ4v) is 5.12. The number of ether oxygens (including phenoxy) is 1. The molecule has 0 saturated carbocycles. The van der Waals surface area contributed by atoms with Gasteiger partial charge in [-0.1, -0.05) is 35.7 Å². The molecule has 2 amide bonds. The first-order valence-corrected chi connectivity index (χ1v) is 12.3. The van der Waals surface area contributed by atoms with Crippen LogP contribution in [0.15, 0.2) is 59.0 Å². The topological polar surface area (TPSA) is 75.9 Å². The van der Waals surface area contributed by atoms with Gasteiger partial charge in [-0.2, -0.15) is 0 Å². The highest BCUT2D eigenvalue weighted by Crippen LogP contribution is 2.41. The van der Waals surface area contributed by atoms with Crippen molar-refractivity contribution in [2.24, 2.45) is 5.41 Å². The predicted octanol–water partition coefficient (Wildman–Crippen LogP) is 4.50. The number of aromatic nitrogens is 1. The minimum atomic E-state index is -0.114. The van der Waals surface area contributed by atoms with E-state index in [4.69, 9.17) is 20.8 Å². The highest BCUT2D eigenvalue weighted by atomic mass is 35.5. The quantitative estimate of drug-likeness (QED) is 0.388. The summed E-state index contributed by atoms with van der Waals surface area (Å²) in [4.78, 5) is 33.9. The molecular weight excluding hydrogens is 478 g/mol. The van der Waals surface area contributed by atoms with E-state index in [9.17, 15) is 9.59 Å². The third-order valence-corrected chi connectivity index (χ3v) is 7.18. The van der Waals surface area contributed by atoms with Gasteiger partial charge in [-0.25, -0.2) is 4.98 Å². The van der Waals surface area contributed by atoms with E-state index in [2.05, 4.69) is 16.8 Å². The van der Waals surface area contributed by atoms with Crippen molar-refractivity contribution in [3.05, 3.63) is 82.4 Å². The molecule has 4 heterocycles. The van der Waals surface area contributed by atoms with E-state index in [0.717, 1.165) is 24.8 Å². The van der Waals surface area contributed by atoms with Gasteiger partial charge in [-0.15, -0.1) is 0 Å². The summed E-state index contributed by atoms with van der Waals surface area (Å²) in [6, 6.07) is 16.2. The third kappa shape index (κ3) is 5.09. The minimum absolute atomic E-state index is 0.0164. The standard InChI is InChI=1S/C28H26ClN3O4/c1-35-25-18-21(17-24(29)30-25)26(33)31-14-11-28(12-15-31)13-16-32(19-28)27(34)23-10-9-22(36-23)8-7-20-5-3-2-4-6-20/h2-6,9-10,17-18H,11-16,19H2,1H3. The van der Waals surface area contributed by atoms with Gasteiger partial charge in [0.15, 0.2) is 11.5 Å². The number of piperidine rings is 1. The molecule has 1 aromatic carbocycles. The maximum atomic E-state index is 13.1. The molecule has 8 heteroatoms. The average Bonchev–Trinajstić information content (AvgIpc) is 3.55. The lowest BCUT2D eigenvalue weighted by atomic mass is 9.77. The fraction of sp³-hybridized carbons (Fsp3) is 0.321. The normalized spacial score (nSPS) is 16.5. The molecule has 0 aliphatic carbocycles. The largest absolute Gasteiger partial charge is 0.481 e. The molecule has 2 aromatic heterocycles. The molecule has 2 saturated heterocycles. The van der Waals surface area contributed by atoms with Crippen LogP contribution < -0.4 is 4.74 Å². The van der Waals surface area contributed by atoms with E-state index in [1.165, 1.54) is 7.11 Å². The van der Waals surface area contributed by atoms with Gasteiger partial charge in [0.1, 0.15) is 5.15 Å². The summed E-state index contributed by atoms with van der Waals surface area (Å²) in [6.07, 6.45) is 2.59. The zero-order chi connectivity index (χ0) is 25.1. The second-order valence-electron chi connectivity index (χ2n) is 9.27. The van der Waals surface area contributed by atoms with Gasteiger partial charge >= 0.3 is 0 Å². The third-order valence-electron chi connectivity index (χ3n) is 6.98. The van der Waals surface area contributed by atoms with E-state index in [-0.39, 0.29) is 22.4 Å². The van der Waals surface area contributed by atoms with Crippen LogP contribution in [-0.4, -0.2) is 59.9 Å². The summed E-state index contributed by atoms with van der Waals surface area (Å²) in [7, 11) is 1.49. The van der Waals surface area contributed by atoms with Crippen LogP contribution in [-0.2, 0) is 0 Å². The van der Waals surface area contributed by atoms with Gasteiger partial charge in [-0.05, 0) is 60.9 Å². The molecule has 36 heavy (non-hydrogen) atoms. The number of carbonyl (C=O) groups excluding carboxylic acids is 2. The maximum absolute atomic E-state index is 13.1. The first-order chi connectivity index (χ1) is 17.4. The number of amides is 2. The van der Waals surface area contributed by atoms with Crippen LogP contribution in [0.4, 0.5) is 0 Å². The molecule has 2 aliphatic rings. The number of furan rings is 1. The van der Waals surface area contributed by atoms with E-state index >= 15 is 0 Å². The number of likely N-dealkylation sites (tertiary alicyclic amines) is 2. The molecule has 2 aliphatic heterocycles. The first kappa shape index (κ1) is 24.0. The number of hydrogen-bond donors (Lipinski definition) is 0. The predicted molar refractivity (Wildman–Crippen MR) is 135 cm³/mol. The molecule has 0 bridgehead atoms. The number of pyridine rings is 1. The Hall–Kier alpha value is -3.76. The zero-order valence-corrected chi connectivity index (χ0v) is 20.8. The van der Waals surface area contributed by atoms with E-state index in [1.807, 2.05) is 40.1 Å². The average molecular weight is 504 g/mol. The van der Waals surface area contributed by atoms with E-state index in [1.54, 1.807) is 24.3 Å². The van der Waals surface area contributed by atoms with Crippen LogP contribution in [0.2, 0.25) is 5.15 Å². The Balaban J connectivity index is 1.19. The molecule has 0 atom stereocenters. The SMILES string of the molecule is COc1cc(C(=O)N2CCC3(CC2)CCN(C(=O)c2ccc(C#Cc4ccccc4)o2)C3)cc(Cl)n1. The number of benzene rings is 1. The summed E-state index contributed by atoms with van der Waals surface area (Å²) < 4.78 is 10.9. The number of nitrogens with zero attached hydrogens (tertiary/aromatic N) is 3. The van der Waals surface area contributed by atoms with Gasteiger partial charge in [-0.3, -0.25) is 9.59 Å². The van der Waals surface area contributed by atoms with Crippen molar-refractivity contribution >= 4 is 23.4 Å². The Morgan fingerprint density at radius 2 is 1.69 bits per heavy atom. The second-order valence-corrected chi connectivity index (χ2v) is 9.66. The van der Waals surface area contributed by atoms with Crippen molar-refractivity contribution in [3.63, 3.8) is 0 Å². The Morgan fingerprint density at radius 1 is 0.972 bits per heavy atom. The molecule has 0 N–H and O–H groups in total. The molecule has 184 valence electrons. The smallest absolute Gasteiger partial charge is 0.289 e. The van der Waals surface area contributed by atoms with Crippen molar-refractivity contribution < 1.29 is 18.7 Å². The minimum Gasteiger partial charge on any atom is -0.481 e. The summed E-state index contributed by atoms with van der Waals surface area (Å²) in [5.74, 6) is 6.91. The van der Waals surface area contributed by atoms with Gasteiger partial charge in [0.2, 0.25) is 5.88 Å². The van der Waals surface area contributed by atoms with Crippen LogP contribution in [0, 0.1) is 17.3 Å². The lowest BCUT2D eigenvalue weighted by Crippen LogP contribution is -2.44. The first-order valence-electron chi connectivity index (χ1n) is 11.9. The van der Waals surface area contributed by atoms with Crippen molar-refractivity contribution in [2.75, 3.05) is 33.3 Å². The zero-order valence-electron chi connectivity index (χ0n) is 20.0. The lowest BCUT2D eigenvalue weighted by Gasteiger charge is -2.39. The number of halogens is 1. The van der Waals surface area contributed by atoms with Gasteiger partial charge in [0.05, 0.1) is 7.11 Å². The molecule has 3 aromatic rings. The van der Waals surface area contributed by atoms with Crippen LogP contribution >= 0.6 is 11.6 Å². The lowest BCUT2D eigenvalue weighted by molar-refractivity contribution is 0.0559.